The number of para-hydroxylation sites is 2. The van der Waals surface area contributed by atoms with Crippen LogP contribution in [0.25, 0.3) is 0 Å². The fourth-order valence-corrected chi connectivity index (χ4v) is 6.26. The maximum atomic E-state index is 13.3. The molecule has 0 bridgehead atoms. The second-order valence-corrected chi connectivity index (χ2v) is 10.5. The first-order chi connectivity index (χ1) is 16.5. The molecule has 184 valence electrons. The molecule has 0 fully saturated rings. The van der Waals surface area contributed by atoms with E-state index in [9.17, 15) is 26.4 Å². The van der Waals surface area contributed by atoms with Gasteiger partial charge in [-0.05, 0) is 54.3 Å². The molecule has 1 amide bonds. The standard InChI is InChI=1S/C23H21F3N4O3S2/c1-34-22-29-19-12-16(23(24,25)26)10-11-20(19)35(32,33)30(22)13-14-6-8-15(9-7-14)21(31)28-18-5-3-2-4-17(18)27/h2-12,22,29H,13,27H2,1H3,(H,28,31). The Kier molecular flexibility index (Phi) is 6.71. The number of thioether (sulfide) groups is 1. The Morgan fingerprint density at radius 2 is 1.80 bits per heavy atom. The topological polar surface area (TPSA) is 105 Å². The van der Waals surface area contributed by atoms with Gasteiger partial charge in [-0.2, -0.15) is 17.5 Å². The molecule has 4 rings (SSSR count). The van der Waals surface area contributed by atoms with Crippen molar-refractivity contribution in [2.24, 2.45) is 0 Å². The molecule has 0 radical (unpaired) electrons. The number of hydrogen-bond acceptors (Lipinski definition) is 6. The first-order valence-electron chi connectivity index (χ1n) is 10.3. The number of halogens is 3. The van der Waals surface area contributed by atoms with Crippen LogP contribution in [-0.4, -0.2) is 30.4 Å². The lowest BCUT2D eigenvalue weighted by Gasteiger charge is -2.36. The molecule has 1 heterocycles. The van der Waals surface area contributed by atoms with Gasteiger partial charge in [0.05, 0.1) is 22.6 Å². The lowest BCUT2D eigenvalue weighted by atomic mass is 10.1. The monoisotopic (exact) mass is 522 g/mol. The van der Waals surface area contributed by atoms with Gasteiger partial charge in [-0.1, -0.05) is 24.3 Å². The number of benzene rings is 3. The minimum Gasteiger partial charge on any atom is -0.397 e. The van der Waals surface area contributed by atoms with E-state index >= 15 is 0 Å². The second kappa shape index (κ2) is 9.44. The highest BCUT2D eigenvalue weighted by atomic mass is 32.2. The quantitative estimate of drug-likeness (QED) is 0.416. The van der Waals surface area contributed by atoms with E-state index in [1.807, 2.05) is 0 Å². The lowest BCUT2D eigenvalue weighted by Crippen LogP contribution is -2.46. The average Bonchev–Trinajstić information content (AvgIpc) is 2.81. The summed E-state index contributed by atoms with van der Waals surface area (Å²) in [5, 5.41) is 5.60. The van der Waals surface area contributed by atoms with Crippen LogP contribution in [0.15, 0.2) is 71.6 Å². The molecule has 1 atom stereocenters. The van der Waals surface area contributed by atoms with Gasteiger partial charge < -0.3 is 16.4 Å². The molecule has 7 nitrogen and oxygen atoms in total. The molecule has 35 heavy (non-hydrogen) atoms. The molecule has 12 heteroatoms. The van der Waals surface area contributed by atoms with Gasteiger partial charge in [-0.3, -0.25) is 4.79 Å². The number of nitrogens with two attached hydrogens (primary N) is 1. The van der Waals surface area contributed by atoms with Crippen molar-refractivity contribution in [2.75, 3.05) is 22.6 Å². The maximum Gasteiger partial charge on any atom is 0.416 e. The number of fused-ring (bicyclic) bond motifs is 1. The number of carbonyl (C=O) groups excluding carboxylic acids is 1. The predicted octanol–water partition coefficient (Wildman–Crippen LogP) is 4.80. The Balaban J connectivity index is 1.55. The number of rotatable bonds is 5. The van der Waals surface area contributed by atoms with E-state index in [0.717, 1.165) is 30.0 Å². The number of carbonyl (C=O) groups is 1. The third-order valence-corrected chi connectivity index (χ3v) is 8.24. The Labute approximate surface area is 204 Å². The molecule has 0 aliphatic carbocycles. The van der Waals surface area contributed by atoms with Crippen molar-refractivity contribution in [3.8, 4) is 0 Å². The molecule has 4 N–H and O–H groups in total. The first-order valence-corrected chi connectivity index (χ1v) is 13.0. The van der Waals surface area contributed by atoms with Crippen molar-refractivity contribution in [3.63, 3.8) is 0 Å². The van der Waals surface area contributed by atoms with Crippen molar-refractivity contribution in [2.45, 2.75) is 23.1 Å². The number of anilines is 3. The van der Waals surface area contributed by atoms with E-state index in [1.165, 1.54) is 4.31 Å². The molecule has 0 aromatic heterocycles. The molecule has 0 saturated heterocycles. The summed E-state index contributed by atoms with van der Waals surface area (Å²) in [5.41, 5.74) is 5.85. The number of hydrogen-bond donors (Lipinski definition) is 3. The molecule has 3 aromatic rings. The van der Waals surface area contributed by atoms with E-state index in [4.69, 9.17) is 5.73 Å². The Morgan fingerprint density at radius 1 is 1.11 bits per heavy atom. The van der Waals surface area contributed by atoms with Gasteiger partial charge in [-0.25, -0.2) is 8.42 Å². The molecule has 0 saturated carbocycles. The van der Waals surface area contributed by atoms with Crippen molar-refractivity contribution in [3.05, 3.63) is 83.4 Å². The van der Waals surface area contributed by atoms with Crippen LogP contribution in [0.1, 0.15) is 21.5 Å². The maximum absolute atomic E-state index is 13.3. The van der Waals surface area contributed by atoms with Crippen LogP contribution < -0.4 is 16.4 Å². The predicted molar refractivity (Wildman–Crippen MR) is 130 cm³/mol. The number of nitrogens with zero attached hydrogens (tertiary/aromatic N) is 1. The van der Waals surface area contributed by atoms with E-state index in [2.05, 4.69) is 10.6 Å². The number of nitrogens with one attached hydrogen (secondary N) is 2. The highest BCUT2D eigenvalue weighted by Gasteiger charge is 2.40. The van der Waals surface area contributed by atoms with Crippen molar-refractivity contribution >= 4 is 44.8 Å². The summed E-state index contributed by atoms with van der Waals surface area (Å²) in [7, 11) is -4.09. The third-order valence-electron chi connectivity index (χ3n) is 5.42. The van der Waals surface area contributed by atoms with Gasteiger partial charge in [0.25, 0.3) is 5.91 Å². The zero-order valence-corrected chi connectivity index (χ0v) is 20.0. The van der Waals surface area contributed by atoms with Gasteiger partial charge in [0.1, 0.15) is 10.4 Å². The van der Waals surface area contributed by atoms with E-state index in [1.54, 1.807) is 54.8 Å². The van der Waals surface area contributed by atoms with Crippen molar-refractivity contribution in [1.82, 2.24) is 4.31 Å². The highest BCUT2D eigenvalue weighted by molar-refractivity contribution is 8.00. The van der Waals surface area contributed by atoms with Gasteiger partial charge in [0.2, 0.25) is 10.0 Å². The van der Waals surface area contributed by atoms with Crippen LogP contribution in [0.4, 0.5) is 30.2 Å². The van der Waals surface area contributed by atoms with E-state index < -0.39 is 27.3 Å². The number of sulfonamides is 1. The van der Waals surface area contributed by atoms with Crippen molar-refractivity contribution in [1.29, 1.82) is 0 Å². The van der Waals surface area contributed by atoms with E-state index in [0.29, 0.717) is 22.5 Å². The Morgan fingerprint density at radius 3 is 2.43 bits per heavy atom. The van der Waals surface area contributed by atoms with Gasteiger partial charge in [0, 0.05) is 12.1 Å². The summed E-state index contributed by atoms with van der Waals surface area (Å²) in [6, 6.07) is 15.7. The molecular weight excluding hydrogens is 501 g/mol. The second-order valence-electron chi connectivity index (χ2n) is 7.73. The van der Waals surface area contributed by atoms with Crippen molar-refractivity contribution < 1.29 is 26.4 Å². The number of amides is 1. The van der Waals surface area contributed by atoms with Crippen LogP contribution in [0, 0.1) is 0 Å². The Bertz CT molecular complexity index is 1360. The average molecular weight is 523 g/mol. The first kappa shape index (κ1) is 24.9. The fraction of sp³-hybridized carbons (Fsp3) is 0.174. The fourth-order valence-electron chi connectivity index (χ4n) is 3.59. The summed E-state index contributed by atoms with van der Waals surface area (Å²) in [5.74, 6) is -0.377. The van der Waals surface area contributed by atoms with Crippen LogP contribution in [0.3, 0.4) is 0 Å². The highest BCUT2D eigenvalue weighted by Crippen LogP contribution is 2.39. The molecule has 1 aliphatic heterocycles. The molecular formula is C23H21F3N4O3S2. The summed E-state index contributed by atoms with van der Waals surface area (Å²) in [6.45, 7) is -0.0468. The summed E-state index contributed by atoms with van der Waals surface area (Å²) < 4.78 is 67.0. The molecule has 1 unspecified atom stereocenters. The largest absolute Gasteiger partial charge is 0.416 e. The molecule has 0 spiro atoms. The molecule has 3 aromatic carbocycles. The smallest absolute Gasteiger partial charge is 0.397 e. The number of alkyl halides is 3. The molecule has 1 aliphatic rings. The van der Waals surface area contributed by atoms with Crippen LogP contribution in [0.5, 0.6) is 0 Å². The van der Waals surface area contributed by atoms with Crippen LogP contribution >= 0.6 is 11.8 Å². The minimum atomic E-state index is -4.59. The minimum absolute atomic E-state index is 0.0468. The normalized spacial score (nSPS) is 17.3. The van der Waals surface area contributed by atoms with Gasteiger partial charge >= 0.3 is 6.18 Å². The summed E-state index contributed by atoms with van der Waals surface area (Å²) in [4.78, 5) is 12.3. The SMILES string of the molecule is CSC1Nc2cc(C(F)(F)F)ccc2S(=O)(=O)N1Cc1ccc(C(=O)Nc2ccccc2N)cc1. The van der Waals surface area contributed by atoms with E-state index in [-0.39, 0.29) is 23.0 Å². The number of nitrogen functional groups attached to an aromatic ring is 1. The summed E-state index contributed by atoms with van der Waals surface area (Å²) in [6.07, 6.45) is -2.94. The van der Waals surface area contributed by atoms with Gasteiger partial charge in [-0.15, -0.1) is 11.8 Å². The summed E-state index contributed by atoms with van der Waals surface area (Å²) >= 11 is 1.14. The third kappa shape index (κ3) is 5.09. The van der Waals surface area contributed by atoms with Crippen LogP contribution in [-0.2, 0) is 22.7 Å². The van der Waals surface area contributed by atoms with Crippen LogP contribution in [0.2, 0.25) is 0 Å². The zero-order chi connectivity index (χ0) is 25.4. The zero-order valence-electron chi connectivity index (χ0n) is 18.3. The lowest BCUT2D eigenvalue weighted by molar-refractivity contribution is -0.137. The Hall–Kier alpha value is -3.22. The van der Waals surface area contributed by atoms with Gasteiger partial charge in [0.15, 0.2) is 0 Å².